The molecule has 0 aliphatic rings. The molecule has 2 aromatic rings. The second kappa shape index (κ2) is 3.88. The lowest BCUT2D eigenvalue weighted by molar-refractivity contribution is 0.112. The summed E-state index contributed by atoms with van der Waals surface area (Å²) in [4.78, 5) is 10.7. The fraction of sp³-hybridized carbons (Fsp3) is 0.100. The van der Waals surface area contributed by atoms with Crippen molar-refractivity contribution in [3.8, 4) is 5.75 Å². The van der Waals surface area contributed by atoms with Crippen LogP contribution in [0.4, 0.5) is 0 Å². The van der Waals surface area contributed by atoms with E-state index in [1.54, 1.807) is 23.6 Å². The Labute approximate surface area is 96.6 Å². The molecule has 0 amide bonds. The first-order valence-corrected chi connectivity index (χ1v) is 7.05. The van der Waals surface area contributed by atoms with E-state index in [0.29, 0.717) is 10.9 Å². The summed E-state index contributed by atoms with van der Waals surface area (Å²) >= 11 is 1.43. The minimum atomic E-state index is -3.53. The molecule has 4 nitrogen and oxygen atoms in total. The van der Waals surface area contributed by atoms with Crippen molar-refractivity contribution in [2.75, 3.05) is 6.26 Å². The van der Waals surface area contributed by atoms with Crippen LogP contribution >= 0.6 is 11.3 Å². The zero-order valence-corrected chi connectivity index (χ0v) is 9.97. The van der Waals surface area contributed by atoms with Crippen LogP contribution in [-0.2, 0) is 10.1 Å². The van der Waals surface area contributed by atoms with E-state index in [9.17, 15) is 13.2 Å². The van der Waals surface area contributed by atoms with E-state index >= 15 is 0 Å². The molecule has 84 valence electrons. The van der Waals surface area contributed by atoms with E-state index in [1.807, 2.05) is 0 Å². The Balaban J connectivity index is 2.53. The van der Waals surface area contributed by atoms with Crippen LogP contribution in [0.5, 0.6) is 5.75 Å². The maximum atomic E-state index is 10.9. The molecule has 0 saturated heterocycles. The summed E-state index contributed by atoms with van der Waals surface area (Å²) in [5, 5.41) is 2.43. The molecule has 1 aromatic carbocycles. The minimum Gasteiger partial charge on any atom is -0.383 e. The quantitative estimate of drug-likeness (QED) is 0.623. The Morgan fingerprint density at radius 3 is 2.75 bits per heavy atom. The standard InChI is InChI=1S/C10H8O4S2/c1-16(12,13)14-8-2-3-10-9(4-8)7(5-11)6-15-10/h2-6H,1H3. The number of aldehydes is 1. The van der Waals surface area contributed by atoms with Crippen LogP contribution in [0.2, 0.25) is 0 Å². The van der Waals surface area contributed by atoms with Crippen molar-refractivity contribution in [2.24, 2.45) is 0 Å². The Morgan fingerprint density at radius 1 is 1.38 bits per heavy atom. The van der Waals surface area contributed by atoms with Gasteiger partial charge in [0.2, 0.25) is 0 Å². The predicted molar refractivity (Wildman–Crippen MR) is 62.7 cm³/mol. The SMILES string of the molecule is CS(=O)(=O)Oc1ccc2scc(C=O)c2c1. The molecule has 0 bridgehead atoms. The Hall–Kier alpha value is -1.40. The molecule has 0 unspecified atom stereocenters. The normalized spacial score (nSPS) is 11.6. The molecule has 0 aliphatic heterocycles. The number of carbonyl (C=O) groups excluding carboxylic acids is 1. The first-order valence-electron chi connectivity index (χ1n) is 4.35. The van der Waals surface area contributed by atoms with Gasteiger partial charge in [-0.2, -0.15) is 8.42 Å². The Kier molecular flexibility index (Phi) is 2.69. The van der Waals surface area contributed by atoms with Gasteiger partial charge in [-0.15, -0.1) is 11.3 Å². The number of fused-ring (bicyclic) bond motifs is 1. The lowest BCUT2D eigenvalue weighted by Gasteiger charge is -2.02. The average molecular weight is 256 g/mol. The first kappa shape index (κ1) is 11.1. The largest absolute Gasteiger partial charge is 0.383 e. The molecule has 0 aliphatic carbocycles. The summed E-state index contributed by atoms with van der Waals surface area (Å²) in [6.07, 6.45) is 1.72. The zero-order valence-electron chi connectivity index (χ0n) is 8.34. The van der Waals surface area contributed by atoms with Gasteiger partial charge in [0, 0.05) is 21.0 Å². The van der Waals surface area contributed by atoms with Gasteiger partial charge in [-0.1, -0.05) is 0 Å². The van der Waals surface area contributed by atoms with Crippen molar-refractivity contribution in [3.63, 3.8) is 0 Å². The van der Waals surface area contributed by atoms with Crippen LogP contribution in [0.15, 0.2) is 23.6 Å². The Bertz CT molecular complexity index is 640. The number of carbonyl (C=O) groups is 1. The summed E-state index contributed by atoms with van der Waals surface area (Å²) in [5.41, 5.74) is 0.541. The van der Waals surface area contributed by atoms with Gasteiger partial charge in [0.15, 0.2) is 6.29 Å². The highest BCUT2D eigenvalue weighted by Crippen LogP contribution is 2.28. The van der Waals surface area contributed by atoms with Crippen LogP contribution in [0.25, 0.3) is 10.1 Å². The average Bonchev–Trinajstić information content (AvgIpc) is 2.57. The highest BCUT2D eigenvalue weighted by atomic mass is 32.2. The maximum absolute atomic E-state index is 10.9. The summed E-state index contributed by atoms with van der Waals surface area (Å²) in [6, 6.07) is 4.85. The van der Waals surface area contributed by atoms with Crippen molar-refractivity contribution in [3.05, 3.63) is 29.1 Å². The van der Waals surface area contributed by atoms with Crippen molar-refractivity contribution < 1.29 is 17.4 Å². The van der Waals surface area contributed by atoms with Crippen molar-refractivity contribution in [1.29, 1.82) is 0 Å². The number of rotatable bonds is 3. The molecule has 6 heteroatoms. The van der Waals surface area contributed by atoms with Gasteiger partial charge in [-0.25, -0.2) is 0 Å². The molecule has 0 atom stereocenters. The first-order chi connectivity index (χ1) is 7.49. The topological polar surface area (TPSA) is 60.4 Å². The smallest absolute Gasteiger partial charge is 0.306 e. The van der Waals surface area contributed by atoms with Crippen molar-refractivity contribution in [2.45, 2.75) is 0 Å². The van der Waals surface area contributed by atoms with Gasteiger partial charge < -0.3 is 4.18 Å². The van der Waals surface area contributed by atoms with Crippen LogP contribution in [0.3, 0.4) is 0 Å². The predicted octanol–water partition coefficient (Wildman–Crippen LogP) is 2.05. The molecule has 1 aromatic heterocycles. The van der Waals surface area contributed by atoms with E-state index in [0.717, 1.165) is 17.2 Å². The van der Waals surface area contributed by atoms with Crippen molar-refractivity contribution >= 4 is 37.8 Å². The second-order valence-corrected chi connectivity index (χ2v) is 5.74. The van der Waals surface area contributed by atoms with Gasteiger partial charge in [0.1, 0.15) is 5.75 Å². The van der Waals surface area contributed by atoms with Crippen LogP contribution < -0.4 is 4.18 Å². The van der Waals surface area contributed by atoms with E-state index in [2.05, 4.69) is 0 Å². The van der Waals surface area contributed by atoms with Gasteiger partial charge >= 0.3 is 10.1 Å². The summed E-state index contributed by atoms with van der Waals surface area (Å²) in [7, 11) is -3.53. The van der Waals surface area contributed by atoms with Crippen molar-refractivity contribution in [1.82, 2.24) is 0 Å². The molecule has 16 heavy (non-hydrogen) atoms. The Morgan fingerprint density at radius 2 is 2.12 bits per heavy atom. The molecule has 1 heterocycles. The minimum absolute atomic E-state index is 0.219. The highest BCUT2D eigenvalue weighted by Gasteiger charge is 2.08. The maximum Gasteiger partial charge on any atom is 0.306 e. The molecular formula is C10H8O4S2. The third kappa shape index (κ3) is 2.23. The number of hydrogen-bond acceptors (Lipinski definition) is 5. The van der Waals surface area contributed by atoms with Gasteiger partial charge in [0.25, 0.3) is 0 Å². The highest BCUT2D eigenvalue weighted by molar-refractivity contribution is 7.86. The molecule has 0 radical (unpaired) electrons. The van der Waals surface area contributed by atoms with E-state index in [4.69, 9.17) is 4.18 Å². The number of hydrogen-bond donors (Lipinski definition) is 0. The lowest BCUT2D eigenvalue weighted by Crippen LogP contribution is -2.05. The third-order valence-electron chi connectivity index (χ3n) is 1.95. The molecule has 0 N–H and O–H groups in total. The van der Waals surface area contributed by atoms with Gasteiger partial charge in [-0.3, -0.25) is 4.79 Å². The van der Waals surface area contributed by atoms with E-state index < -0.39 is 10.1 Å². The molecule has 0 spiro atoms. The molecule has 2 rings (SSSR count). The molecular weight excluding hydrogens is 248 g/mol. The van der Waals surface area contributed by atoms with E-state index in [1.165, 1.54) is 11.3 Å². The van der Waals surface area contributed by atoms with Crippen LogP contribution in [-0.4, -0.2) is 21.0 Å². The van der Waals surface area contributed by atoms with E-state index in [-0.39, 0.29) is 5.75 Å². The second-order valence-electron chi connectivity index (χ2n) is 3.25. The molecule has 0 fully saturated rings. The van der Waals surface area contributed by atoms with Crippen LogP contribution in [0.1, 0.15) is 10.4 Å². The van der Waals surface area contributed by atoms with Gasteiger partial charge in [0.05, 0.1) is 6.26 Å². The third-order valence-corrected chi connectivity index (χ3v) is 3.43. The number of thiophene rings is 1. The fourth-order valence-electron chi connectivity index (χ4n) is 1.35. The monoisotopic (exact) mass is 256 g/mol. The van der Waals surface area contributed by atoms with Crippen LogP contribution in [0, 0.1) is 0 Å². The number of benzene rings is 1. The van der Waals surface area contributed by atoms with Gasteiger partial charge in [-0.05, 0) is 18.2 Å². The zero-order chi connectivity index (χ0) is 11.8. The molecule has 0 saturated carbocycles. The fourth-order valence-corrected chi connectivity index (χ4v) is 2.69. The summed E-state index contributed by atoms with van der Waals surface area (Å²) in [6.45, 7) is 0. The lowest BCUT2D eigenvalue weighted by atomic mass is 10.2. The summed E-state index contributed by atoms with van der Waals surface area (Å²) in [5.74, 6) is 0.219. The summed E-state index contributed by atoms with van der Waals surface area (Å²) < 4.78 is 27.5.